The van der Waals surface area contributed by atoms with Crippen LogP contribution in [0.2, 0.25) is 0 Å². The molecule has 0 radical (unpaired) electrons. The average molecular weight is 384 g/mol. The summed E-state index contributed by atoms with van der Waals surface area (Å²) in [6.45, 7) is 6.93. The van der Waals surface area contributed by atoms with Gasteiger partial charge in [-0.1, -0.05) is 0 Å². The van der Waals surface area contributed by atoms with Gasteiger partial charge >= 0.3 is 6.09 Å². The Labute approximate surface area is 166 Å². The van der Waals surface area contributed by atoms with E-state index in [1.807, 2.05) is 39.0 Å². The number of anilines is 1. The van der Waals surface area contributed by atoms with E-state index in [0.29, 0.717) is 19.0 Å². The summed E-state index contributed by atoms with van der Waals surface area (Å²) in [5, 5.41) is 3.51. The van der Waals surface area contributed by atoms with Gasteiger partial charge < -0.3 is 19.7 Å². The Kier molecular flexibility index (Phi) is 6.02. The maximum Gasteiger partial charge on any atom is 0.410 e. The minimum Gasteiger partial charge on any atom is -0.480 e. The van der Waals surface area contributed by atoms with E-state index in [9.17, 15) is 4.79 Å². The molecule has 0 bridgehead atoms. The first kappa shape index (κ1) is 19.9. The molecule has 0 aromatic carbocycles. The van der Waals surface area contributed by atoms with Crippen molar-refractivity contribution < 1.29 is 14.3 Å². The zero-order valence-electron chi connectivity index (χ0n) is 16.9. The minimum atomic E-state index is -0.497. The number of piperidine rings is 1. The summed E-state index contributed by atoms with van der Waals surface area (Å²) in [7, 11) is 1.60. The van der Waals surface area contributed by atoms with Gasteiger partial charge in [-0.05, 0) is 57.4 Å². The molecular formula is C21H28N4O3. The number of aromatic nitrogens is 2. The standard InChI is InChI=1S/C21H28N4O3/c1-21(2,3)28-20(26)25-11-5-6-17(14-25)24-18-12-16(13-23-19(18)27-4)15-7-9-22-10-8-15/h7-10,12-13,17,24H,5-6,11,14H2,1-4H3/t17-/m1/s1. The van der Waals surface area contributed by atoms with E-state index in [-0.39, 0.29) is 12.1 Å². The Hall–Kier alpha value is -2.83. The molecule has 3 heterocycles. The number of methoxy groups -OCH3 is 1. The van der Waals surface area contributed by atoms with Gasteiger partial charge in [-0.3, -0.25) is 4.98 Å². The highest BCUT2D eigenvalue weighted by atomic mass is 16.6. The summed E-state index contributed by atoms with van der Waals surface area (Å²) in [6, 6.07) is 6.01. The average Bonchev–Trinajstić information content (AvgIpc) is 2.67. The number of likely N-dealkylation sites (tertiary alicyclic amines) is 1. The molecule has 28 heavy (non-hydrogen) atoms. The number of carbonyl (C=O) groups excluding carboxylic acids is 1. The van der Waals surface area contributed by atoms with Crippen LogP contribution >= 0.6 is 0 Å². The summed E-state index contributed by atoms with van der Waals surface area (Å²) in [5.74, 6) is 0.534. The fourth-order valence-corrected chi connectivity index (χ4v) is 3.23. The second-order valence-electron chi connectivity index (χ2n) is 7.93. The fraction of sp³-hybridized carbons (Fsp3) is 0.476. The van der Waals surface area contributed by atoms with Gasteiger partial charge in [0, 0.05) is 43.3 Å². The van der Waals surface area contributed by atoms with Crippen molar-refractivity contribution in [3.8, 4) is 17.0 Å². The predicted octanol–water partition coefficient (Wildman–Crippen LogP) is 3.96. The Balaban J connectivity index is 1.74. The lowest BCUT2D eigenvalue weighted by atomic mass is 10.0. The number of hydrogen-bond acceptors (Lipinski definition) is 6. The molecule has 3 rings (SSSR count). The van der Waals surface area contributed by atoms with Crippen LogP contribution in [0.1, 0.15) is 33.6 Å². The molecular weight excluding hydrogens is 356 g/mol. The highest BCUT2D eigenvalue weighted by Crippen LogP contribution is 2.29. The van der Waals surface area contributed by atoms with Gasteiger partial charge in [0.05, 0.1) is 12.8 Å². The maximum atomic E-state index is 12.4. The van der Waals surface area contributed by atoms with Crippen LogP contribution in [0.15, 0.2) is 36.8 Å². The first-order valence-electron chi connectivity index (χ1n) is 9.54. The lowest BCUT2D eigenvalue weighted by molar-refractivity contribution is 0.0206. The number of carbonyl (C=O) groups is 1. The van der Waals surface area contributed by atoms with Crippen molar-refractivity contribution in [1.82, 2.24) is 14.9 Å². The van der Waals surface area contributed by atoms with E-state index < -0.39 is 5.60 Å². The Morgan fingerprint density at radius 1 is 1.25 bits per heavy atom. The molecule has 1 amide bonds. The topological polar surface area (TPSA) is 76.6 Å². The number of amides is 1. The zero-order chi connectivity index (χ0) is 20.1. The second kappa shape index (κ2) is 8.46. The van der Waals surface area contributed by atoms with E-state index in [2.05, 4.69) is 15.3 Å². The van der Waals surface area contributed by atoms with Crippen LogP contribution in [-0.4, -0.2) is 52.8 Å². The van der Waals surface area contributed by atoms with Crippen LogP contribution in [0.25, 0.3) is 11.1 Å². The number of rotatable bonds is 4. The molecule has 1 N–H and O–H groups in total. The van der Waals surface area contributed by atoms with Gasteiger partial charge in [0.15, 0.2) is 0 Å². The molecule has 7 heteroatoms. The second-order valence-corrected chi connectivity index (χ2v) is 7.93. The van der Waals surface area contributed by atoms with E-state index in [0.717, 1.165) is 29.7 Å². The van der Waals surface area contributed by atoms with E-state index in [1.165, 1.54) is 0 Å². The summed E-state index contributed by atoms with van der Waals surface area (Å²) in [4.78, 5) is 22.7. The van der Waals surface area contributed by atoms with E-state index in [4.69, 9.17) is 9.47 Å². The molecule has 1 saturated heterocycles. The van der Waals surface area contributed by atoms with Gasteiger partial charge in [0.25, 0.3) is 0 Å². The molecule has 2 aromatic heterocycles. The smallest absolute Gasteiger partial charge is 0.410 e. The third kappa shape index (κ3) is 5.12. The van der Waals surface area contributed by atoms with Crippen LogP contribution in [0, 0.1) is 0 Å². The molecule has 0 unspecified atom stereocenters. The first-order valence-corrected chi connectivity index (χ1v) is 9.54. The maximum absolute atomic E-state index is 12.4. The molecule has 0 aliphatic carbocycles. The third-order valence-corrected chi connectivity index (χ3v) is 4.49. The molecule has 0 spiro atoms. The quantitative estimate of drug-likeness (QED) is 0.860. The fourth-order valence-electron chi connectivity index (χ4n) is 3.23. The molecule has 2 aromatic rings. The Bertz CT molecular complexity index is 805. The van der Waals surface area contributed by atoms with Gasteiger partial charge in [-0.25, -0.2) is 9.78 Å². The highest BCUT2D eigenvalue weighted by Gasteiger charge is 2.28. The molecule has 150 valence electrons. The Morgan fingerprint density at radius 2 is 2.00 bits per heavy atom. The number of pyridine rings is 2. The lowest BCUT2D eigenvalue weighted by Crippen LogP contribution is -2.47. The number of nitrogens with zero attached hydrogens (tertiary/aromatic N) is 3. The largest absolute Gasteiger partial charge is 0.480 e. The van der Waals surface area contributed by atoms with Crippen molar-refractivity contribution >= 4 is 11.8 Å². The monoisotopic (exact) mass is 384 g/mol. The van der Waals surface area contributed by atoms with E-state index in [1.54, 1.807) is 30.6 Å². The molecule has 0 saturated carbocycles. The van der Waals surface area contributed by atoms with Crippen molar-refractivity contribution in [2.45, 2.75) is 45.3 Å². The minimum absolute atomic E-state index is 0.102. The number of nitrogens with one attached hydrogen (secondary N) is 1. The van der Waals surface area contributed by atoms with Crippen molar-refractivity contribution in [2.75, 3.05) is 25.5 Å². The zero-order valence-corrected chi connectivity index (χ0v) is 16.9. The Morgan fingerprint density at radius 3 is 2.68 bits per heavy atom. The van der Waals surface area contributed by atoms with Gasteiger partial charge in [0.1, 0.15) is 5.60 Å². The SMILES string of the molecule is COc1ncc(-c2ccncc2)cc1N[C@@H]1CCCN(C(=O)OC(C)(C)C)C1. The molecule has 1 aliphatic heterocycles. The third-order valence-electron chi connectivity index (χ3n) is 4.49. The van der Waals surface area contributed by atoms with Gasteiger partial charge in [-0.15, -0.1) is 0 Å². The van der Waals surface area contributed by atoms with Crippen LogP contribution in [0.5, 0.6) is 5.88 Å². The molecule has 1 atom stereocenters. The van der Waals surface area contributed by atoms with Crippen LogP contribution in [0.3, 0.4) is 0 Å². The molecule has 7 nitrogen and oxygen atoms in total. The van der Waals surface area contributed by atoms with Crippen LogP contribution < -0.4 is 10.1 Å². The van der Waals surface area contributed by atoms with Crippen LogP contribution in [0.4, 0.5) is 10.5 Å². The summed E-state index contributed by atoms with van der Waals surface area (Å²) < 4.78 is 10.9. The van der Waals surface area contributed by atoms with Crippen LogP contribution in [-0.2, 0) is 4.74 Å². The highest BCUT2D eigenvalue weighted by molar-refractivity contribution is 5.70. The van der Waals surface area contributed by atoms with Crippen molar-refractivity contribution in [3.63, 3.8) is 0 Å². The molecule has 1 fully saturated rings. The summed E-state index contributed by atoms with van der Waals surface area (Å²) >= 11 is 0. The summed E-state index contributed by atoms with van der Waals surface area (Å²) in [6.07, 6.45) is 6.90. The number of hydrogen-bond donors (Lipinski definition) is 1. The summed E-state index contributed by atoms with van der Waals surface area (Å²) in [5.41, 5.74) is 2.33. The van der Waals surface area contributed by atoms with Crippen molar-refractivity contribution in [1.29, 1.82) is 0 Å². The molecule has 1 aliphatic rings. The van der Waals surface area contributed by atoms with Crippen molar-refractivity contribution in [3.05, 3.63) is 36.8 Å². The number of ether oxygens (including phenoxy) is 2. The predicted molar refractivity (Wildman–Crippen MR) is 108 cm³/mol. The van der Waals surface area contributed by atoms with E-state index >= 15 is 0 Å². The normalized spacial score (nSPS) is 17.1. The van der Waals surface area contributed by atoms with Gasteiger partial charge in [0.2, 0.25) is 5.88 Å². The first-order chi connectivity index (χ1) is 13.4. The van der Waals surface area contributed by atoms with Crippen molar-refractivity contribution in [2.24, 2.45) is 0 Å². The lowest BCUT2D eigenvalue weighted by Gasteiger charge is -2.35. The van der Waals surface area contributed by atoms with Gasteiger partial charge in [-0.2, -0.15) is 0 Å².